The van der Waals surface area contributed by atoms with Crippen LogP contribution in [0.15, 0.2) is 42.7 Å². The van der Waals surface area contributed by atoms with E-state index in [1.165, 1.54) is 6.07 Å². The first-order valence-corrected chi connectivity index (χ1v) is 7.39. The minimum absolute atomic E-state index is 0.285. The van der Waals surface area contributed by atoms with E-state index in [1.54, 1.807) is 12.4 Å². The van der Waals surface area contributed by atoms with Crippen LogP contribution in [0, 0.1) is 11.6 Å². The van der Waals surface area contributed by atoms with Crippen molar-refractivity contribution in [1.82, 2.24) is 9.88 Å². The zero-order valence-electron chi connectivity index (χ0n) is 12.1. The SMILES string of the molecule is OC1CC(c2cc(F)ccc2F)N(CCc2ccncc2)C1. The van der Waals surface area contributed by atoms with Crippen molar-refractivity contribution < 1.29 is 13.9 Å². The van der Waals surface area contributed by atoms with E-state index in [9.17, 15) is 13.9 Å². The third kappa shape index (κ3) is 3.31. The highest BCUT2D eigenvalue weighted by molar-refractivity contribution is 5.24. The summed E-state index contributed by atoms with van der Waals surface area (Å²) in [4.78, 5) is 5.99. The molecule has 0 spiro atoms. The molecule has 1 aliphatic rings. The van der Waals surface area contributed by atoms with Crippen LogP contribution in [0.1, 0.15) is 23.6 Å². The molecule has 0 aliphatic carbocycles. The zero-order chi connectivity index (χ0) is 15.5. The van der Waals surface area contributed by atoms with Gasteiger partial charge in [-0.3, -0.25) is 9.88 Å². The molecule has 5 heteroatoms. The molecule has 116 valence electrons. The van der Waals surface area contributed by atoms with Crippen LogP contribution in [-0.4, -0.2) is 34.2 Å². The summed E-state index contributed by atoms with van der Waals surface area (Å²) in [5.41, 5.74) is 1.46. The van der Waals surface area contributed by atoms with Crippen molar-refractivity contribution >= 4 is 0 Å². The maximum atomic E-state index is 14.0. The molecule has 0 bridgehead atoms. The Morgan fingerprint density at radius 3 is 2.73 bits per heavy atom. The van der Waals surface area contributed by atoms with E-state index in [-0.39, 0.29) is 6.04 Å². The lowest BCUT2D eigenvalue weighted by Gasteiger charge is -2.24. The Kier molecular flexibility index (Phi) is 4.45. The van der Waals surface area contributed by atoms with Crippen LogP contribution in [0.5, 0.6) is 0 Å². The summed E-state index contributed by atoms with van der Waals surface area (Å²) >= 11 is 0. The molecule has 1 aromatic carbocycles. The molecule has 0 amide bonds. The highest BCUT2D eigenvalue weighted by Crippen LogP contribution is 2.34. The maximum Gasteiger partial charge on any atom is 0.128 e. The number of β-amino-alcohol motifs (C(OH)–C–C–N with tert-alkyl or cyclic N) is 1. The van der Waals surface area contributed by atoms with E-state index < -0.39 is 17.7 Å². The molecule has 3 rings (SSSR count). The van der Waals surface area contributed by atoms with Gasteiger partial charge in [-0.1, -0.05) is 0 Å². The zero-order valence-corrected chi connectivity index (χ0v) is 12.1. The predicted molar refractivity (Wildman–Crippen MR) is 79.2 cm³/mol. The highest BCUT2D eigenvalue weighted by Gasteiger charge is 2.33. The number of aliphatic hydroxyl groups excluding tert-OH is 1. The number of halogens is 2. The molecule has 1 N–H and O–H groups in total. The summed E-state index contributed by atoms with van der Waals surface area (Å²) in [5.74, 6) is -0.874. The molecule has 2 aromatic rings. The molecule has 22 heavy (non-hydrogen) atoms. The fraction of sp³-hybridized carbons (Fsp3) is 0.353. The topological polar surface area (TPSA) is 36.4 Å². The number of pyridine rings is 1. The summed E-state index contributed by atoms with van der Waals surface area (Å²) in [6, 6.07) is 7.08. The van der Waals surface area contributed by atoms with Crippen molar-refractivity contribution in [3.63, 3.8) is 0 Å². The lowest BCUT2D eigenvalue weighted by atomic mass is 10.0. The Morgan fingerprint density at radius 2 is 1.95 bits per heavy atom. The van der Waals surface area contributed by atoms with Crippen LogP contribution in [0.3, 0.4) is 0 Å². The first-order valence-electron chi connectivity index (χ1n) is 7.39. The van der Waals surface area contributed by atoms with Gasteiger partial charge >= 0.3 is 0 Å². The minimum atomic E-state index is -0.509. The van der Waals surface area contributed by atoms with Gasteiger partial charge in [0.15, 0.2) is 0 Å². The van der Waals surface area contributed by atoms with Crippen molar-refractivity contribution in [1.29, 1.82) is 0 Å². The van der Waals surface area contributed by atoms with E-state index in [0.29, 0.717) is 25.1 Å². The van der Waals surface area contributed by atoms with Gasteiger partial charge in [-0.05, 0) is 48.7 Å². The second-order valence-electron chi connectivity index (χ2n) is 5.67. The fourth-order valence-electron chi connectivity index (χ4n) is 3.04. The molecule has 0 saturated carbocycles. The third-order valence-electron chi connectivity index (χ3n) is 4.14. The Hall–Kier alpha value is -1.85. The molecule has 1 saturated heterocycles. The Bertz CT molecular complexity index is 636. The standard InChI is InChI=1S/C17H18F2N2O/c18-13-1-2-16(19)15(9-13)17-10-14(22)11-21(17)8-5-12-3-6-20-7-4-12/h1-4,6-7,9,14,17,22H,5,8,10-11H2. The quantitative estimate of drug-likeness (QED) is 0.943. The van der Waals surface area contributed by atoms with Crippen molar-refractivity contribution in [2.45, 2.75) is 25.0 Å². The summed E-state index contributed by atoms with van der Waals surface area (Å²) in [5, 5.41) is 9.92. The van der Waals surface area contributed by atoms with Gasteiger partial charge in [0.25, 0.3) is 0 Å². The van der Waals surface area contributed by atoms with Crippen LogP contribution < -0.4 is 0 Å². The van der Waals surface area contributed by atoms with Gasteiger partial charge in [-0.2, -0.15) is 0 Å². The average molecular weight is 304 g/mol. The third-order valence-corrected chi connectivity index (χ3v) is 4.14. The Balaban J connectivity index is 1.76. The maximum absolute atomic E-state index is 14.0. The minimum Gasteiger partial charge on any atom is -0.392 e. The highest BCUT2D eigenvalue weighted by atomic mass is 19.1. The number of nitrogens with zero attached hydrogens (tertiary/aromatic N) is 2. The van der Waals surface area contributed by atoms with Crippen LogP contribution in [0.2, 0.25) is 0 Å². The van der Waals surface area contributed by atoms with E-state index in [1.807, 2.05) is 17.0 Å². The smallest absolute Gasteiger partial charge is 0.128 e. The number of likely N-dealkylation sites (tertiary alicyclic amines) is 1. The molecule has 1 aliphatic heterocycles. The second-order valence-corrected chi connectivity index (χ2v) is 5.67. The predicted octanol–water partition coefficient (Wildman–Crippen LogP) is 2.71. The Morgan fingerprint density at radius 1 is 1.18 bits per heavy atom. The summed E-state index contributed by atoms with van der Waals surface area (Å²) < 4.78 is 27.4. The molecular formula is C17H18F2N2O. The normalized spacial score (nSPS) is 22.1. The first kappa shape index (κ1) is 15.1. The average Bonchev–Trinajstić information content (AvgIpc) is 2.89. The van der Waals surface area contributed by atoms with Gasteiger partial charge in [0.05, 0.1) is 6.10 Å². The van der Waals surface area contributed by atoms with E-state index in [0.717, 1.165) is 24.1 Å². The molecule has 2 atom stereocenters. The largest absolute Gasteiger partial charge is 0.392 e. The van der Waals surface area contributed by atoms with Gasteiger partial charge in [0.1, 0.15) is 11.6 Å². The lowest BCUT2D eigenvalue weighted by molar-refractivity contribution is 0.175. The number of aliphatic hydroxyl groups is 1. The number of hydrogen-bond donors (Lipinski definition) is 1. The van der Waals surface area contributed by atoms with Crippen molar-refractivity contribution in [3.8, 4) is 0 Å². The number of hydrogen-bond acceptors (Lipinski definition) is 3. The summed E-state index contributed by atoms with van der Waals surface area (Å²) in [7, 11) is 0. The van der Waals surface area contributed by atoms with Crippen molar-refractivity contribution in [2.24, 2.45) is 0 Å². The van der Waals surface area contributed by atoms with Crippen LogP contribution in [0.25, 0.3) is 0 Å². The van der Waals surface area contributed by atoms with Crippen LogP contribution >= 0.6 is 0 Å². The number of rotatable bonds is 4. The fourth-order valence-corrected chi connectivity index (χ4v) is 3.04. The molecule has 1 aromatic heterocycles. The molecule has 0 radical (unpaired) electrons. The van der Waals surface area contributed by atoms with Crippen molar-refractivity contribution in [3.05, 3.63) is 65.5 Å². The van der Waals surface area contributed by atoms with Crippen LogP contribution in [0.4, 0.5) is 8.78 Å². The first-order chi connectivity index (χ1) is 10.6. The van der Waals surface area contributed by atoms with Gasteiger partial charge in [0.2, 0.25) is 0 Å². The Labute approximate surface area is 128 Å². The van der Waals surface area contributed by atoms with Gasteiger partial charge < -0.3 is 5.11 Å². The molecule has 2 unspecified atom stereocenters. The second kappa shape index (κ2) is 6.50. The van der Waals surface area contributed by atoms with E-state index in [2.05, 4.69) is 4.98 Å². The molecule has 2 heterocycles. The van der Waals surface area contributed by atoms with Gasteiger partial charge in [0, 0.05) is 37.1 Å². The van der Waals surface area contributed by atoms with Gasteiger partial charge in [-0.15, -0.1) is 0 Å². The number of aromatic nitrogens is 1. The monoisotopic (exact) mass is 304 g/mol. The van der Waals surface area contributed by atoms with Crippen LogP contribution in [-0.2, 0) is 6.42 Å². The van der Waals surface area contributed by atoms with Crippen molar-refractivity contribution in [2.75, 3.05) is 13.1 Å². The number of benzene rings is 1. The van der Waals surface area contributed by atoms with E-state index >= 15 is 0 Å². The van der Waals surface area contributed by atoms with E-state index in [4.69, 9.17) is 0 Å². The summed E-state index contributed by atoms with van der Waals surface area (Å²) in [6.45, 7) is 1.16. The molecule has 1 fully saturated rings. The summed E-state index contributed by atoms with van der Waals surface area (Å²) in [6.07, 6.45) is 4.17. The van der Waals surface area contributed by atoms with Gasteiger partial charge in [-0.25, -0.2) is 8.78 Å². The molecule has 3 nitrogen and oxygen atoms in total. The lowest BCUT2D eigenvalue weighted by Crippen LogP contribution is -2.27. The molecular weight excluding hydrogens is 286 g/mol.